The van der Waals surface area contributed by atoms with Gasteiger partial charge in [-0.1, -0.05) is 6.07 Å². The third-order valence-electron chi connectivity index (χ3n) is 5.00. The Balaban J connectivity index is 1.86. The van der Waals surface area contributed by atoms with Gasteiger partial charge in [-0.25, -0.2) is 8.42 Å². The standard InChI is InChI=1S/C16H23N3O3S/c1-18(2)16(20)11-4-3-5-13(8-11)23(21,22)19-9-12-6-7-15(17)14(12)10-19/h3-5,8,12,14-15H,6-7,9-10,17H2,1-2H3. The summed E-state index contributed by atoms with van der Waals surface area (Å²) in [7, 11) is -0.288. The first-order valence-corrected chi connectivity index (χ1v) is 9.32. The average Bonchev–Trinajstić information content (AvgIpc) is 3.09. The highest BCUT2D eigenvalue weighted by Gasteiger charge is 2.45. The van der Waals surface area contributed by atoms with Crippen LogP contribution >= 0.6 is 0 Å². The Bertz CT molecular complexity index is 717. The number of hydrogen-bond acceptors (Lipinski definition) is 4. The van der Waals surface area contributed by atoms with Crippen LogP contribution in [0.25, 0.3) is 0 Å². The molecule has 1 amide bonds. The number of fused-ring (bicyclic) bond motifs is 1. The van der Waals surface area contributed by atoms with Crippen LogP contribution in [0, 0.1) is 11.8 Å². The summed E-state index contributed by atoms with van der Waals surface area (Å²) < 4.78 is 27.3. The topological polar surface area (TPSA) is 83.7 Å². The van der Waals surface area contributed by atoms with Crippen LogP contribution in [0.3, 0.4) is 0 Å². The highest BCUT2D eigenvalue weighted by atomic mass is 32.2. The lowest BCUT2D eigenvalue weighted by atomic mass is 9.98. The molecule has 1 saturated heterocycles. The van der Waals surface area contributed by atoms with Crippen molar-refractivity contribution < 1.29 is 13.2 Å². The maximum absolute atomic E-state index is 12.9. The van der Waals surface area contributed by atoms with Crippen molar-refractivity contribution in [2.24, 2.45) is 17.6 Å². The van der Waals surface area contributed by atoms with E-state index in [2.05, 4.69) is 0 Å². The van der Waals surface area contributed by atoms with E-state index in [-0.39, 0.29) is 22.8 Å². The van der Waals surface area contributed by atoms with Crippen LogP contribution in [-0.4, -0.2) is 56.8 Å². The summed E-state index contributed by atoms with van der Waals surface area (Å²) in [4.78, 5) is 13.7. The molecule has 1 aromatic carbocycles. The number of rotatable bonds is 3. The molecule has 0 spiro atoms. The average molecular weight is 337 g/mol. The number of amides is 1. The summed E-state index contributed by atoms with van der Waals surface area (Å²) in [5.74, 6) is 0.421. The third-order valence-corrected chi connectivity index (χ3v) is 6.83. The van der Waals surface area contributed by atoms with Crippen molar-refractivity contribution >= 4 is 15.9 Å². The minimum Gasteiger partial charge on any atom is -0.345 e. The quantitative estimate of drug-likeness (QED) is 0.882. The zero-order valence-corrected chi connectivity index (χ0v) is 14.3. The first kappa shape index (κ1) is 16.4. The second-order valence-electron chi connectivity index (χ2n) is 6.71. The second kappa shape index (κ2) is 5.89. The molecule has 126 valence electrons. The highest BCUT2D eigenvalue weighted by molar-refractivity contribution is 7.89. The van der Waals surface area contributed by atoms with Crippen LogP contribution in [0.5, 0.6) is 0 Å². The van der Waals surface area contributed by atoms with Gasteiger partial charge in [0.1, 0.15) is 0 Å². The van der Waals surface area contributed by atoms with Crippen LogP contribution in [0.2, 0.25) is 0 Å². The lowest BCUT2D eigenvalue weighted by Gasteiger charge is -2.19. The van der Waals surface area contributed by atoms with Crippen molar-refractivity contribution in [3.05, 3.63) is 29.8 Å². The van der Waals surface area contributed by atoms with Crippen LogP contribution in [0.1, 0.15) is 23.2 Å². The number of carbonyl (C=O) groups is 1. The molecule has 2 aliphatic rings. The van der Waals surface area contributed by atoms with E-state index in [1.807, 2.05) is 0 Å². The van der Waals surface area contributed by atoms with Crippen LogP contribution in [0.15, 0.2) is 29.2 Å². The SMILES string of the molecule is CN(C)C(=O)c1cccc(S(=O)(=O)N2CC3CCC(N)C3C2)c1. The fourth-order valence-corrected chi connectivity index (χ4v) is 5.24. The van der Waals surface area contributed by atoms with E-state index in [4.69, 9.17) is 5.73 Å². The third kappa shape index (κ3) is 2.88. The number of sulfonamides is 1. The van der Waals surface area contributed by atoms with Crippen molar-refractivity contribution in [1.29, 1.82) is 0 Å². The Labute approximate surface area is 137 Å². The summed E-state index contributed by atoms with van der Waals surface area (Å²) in [5, 5.41) is 0. The lowest BCUT2D eigenvalue weighted by molar-refractivity contribution is 0.0827. The first-order valence-electron chi connectivity index (χ1n) is 7.88. The van der Waals surface area contributed by atoms with Gasteiger partial charge in [-0.05, 0) is 42.9 Å². The summed E-state index contributed by atoms with van der Waals surface area (Å²) in [6.07, 6.45) is 1.98. The van der Waals surface area contributed by atoms with Gasteiger partial charge in [-0.2, -0.15) is 4.31 Å². The molecule has 0 radical (unpaired) electrons. The zero-order chi connectivity index (χ0) is 16.8. The molecule has 1 heterocycles. The number of benzene rings is 1. The van der Waals surface area contributed by atoms with Crippen molar-refractivity contribution in [1.82, 2.24) is 9.21 Å². The van der Waals surface area contributed by atoms with Gasteiger partial charge in [0.2, 0.25) is 10.0 Å². The number of hydrogen-bond donors (Lipinski definition) is 1. The van der Waals surface area contributed by atoms with Crippen LogP contribution in [-0.2, 0) is 10.0 Å². The molecule has 3 atom stereocenters. The zero-order valence-electron chi connectivity index (χ0n) is 13.5. The van der Waals surface area contributed by atoms with Gasteiger partial charge in [0, 0.05) is 38.8 Å². The van der Waals surface area contributed by atoms with Gasteiger partial charge >= 0.3 is 0 Å². The molecule has 2 N–H and O–H groups in total. The summed E-state index contributed by atoms with van der Waals surface area (Å²) in [5.41, 5.74) is 6.47. The van der Waals surface area contributed by atoms with Crippen molar-refractivity contribution in [2.45, 2.75) is 23.8 Å². The monoisotopic (exact) mass is 337 g/mol. The molecule has 1 aliphatic heterocycles. The molecule has 1 saturated carbocycles. The smallest absolute Gasteiger partial charge is 0.253 e. The predicted molar refractivity (Wildman–Crippen MR) is 87.4 cm³/mol. The van der Waals surface area contributed by atoms with Crippen molar-refractivity contribution in [3.8, 4) is 0 Å². The Morgan fingerprint density at radius 3 is 2.65 bits per heavy atom. The van der Waals surface area contributed by atoms with E-state index in [1.165, 1.54) is 15.3 Å². The van der Waals surface area contributed by atoms with E-state index >= 15 is 0 Å². The van der Waals surface area contributed by atoms with E-state index in [9.17, 15) is 13.2 Å². The summed E-state index contributed by atoms with van der Waals surface area (Å²) in [6.45, 7) is 1.02. The molecule has 23 heavy (non-hydrogen) atoms. The van der Waals surface area contributed by atoms with Gasteiger partial charge in [-0.3, -0.25) is 4.79 Å². The Morgan fingerprint density at radius 2 is 2.00 bits per heavy atom. The second-order valence-corrected chi connectivity index (χ2v) is 8.65. The highest BCUT2D eigenvalue weighted by Crippen LogP contribution is 2.39. The summed E-state index contributed by atoms with van der Waals surface area (Å²) >= 11 is 0. The van der Waals surface area contributed by atoms with Crippen LogP contribution in [0.4, 0.5) is 0 Å². The van der Waals surface area contributed by atoms with Crippen molar-refractivity contribution in [2.75, 3.05) is 27.2 Å². The maximum atomic E-state index is 12.9. The number of carbonyl (C=O) groups excluding carboxylic acids is 1. The Kier molecular flexibility index (Phi) is 4.20. The largest absolute Gasteiger partial charge is 0.345 e. The Hall–Kier alpha value is -1.44. The van der Waals surface area contributed by atoms with E-state index in [0.29, 0.717) is 24.6 Å². The van der Waals surface area contributed by atoms with Gasteiger partial charge in [0.25, 0.3) is 5.91 Å². The minimum absolute atomic E-state index is 0.0989. The molecule has 0 aromatic heterocycles. The van der Waals surface area contributed by atoms with Gasteiger partial charge in [0.05, 0.1) is 4.90 Å². The Morgan fingerprint density at radius 1 is 1.26 bits per heavy atom. The fraction of sp³-hybridized carbons (Fsp3) is 0.562. The van der Waals surface area contributed by atoms with Gasteiger partial charge < -0.3 is 10.6 Å². The fourth-order valence-electron chi connectivity index (χ4n) is 3.66. The molecule has 7 heteroatoms. The molecule has 1 aliphatic carbocycles. The predicted octanol–water partition coefficient (Wildman–Crippen LogP) is 0.746. The number of nitrogens with zero attached hydrogens (tertiary/aromatic N) is 2. The van der Waals surface area contributed by atoms with E-state index in [1.54, 1.807) is 32.3 Å². The molecular formula is C16H23N3O3S. The molecule has 3 rings (SSSR count). The van der Waals surface area contributed by atoms with E-state index < -0.39 is 10.0 Å². The van der Waals surface area contributed by atoms with Crippen LogP contribution < -0.4 is 5.73 Å². The van der Waals surface area contributed by atoms with Gasteiger partial charge in [-0.15, -0.1) is 0 Å². The summed E-state index contributed by atoms with van der Waals surface area (Å²) in [6, 6.07) is 6.37. The number of nitrogens with two attached hydrogens (primary N) is 1. The minimum atomic E-state index is -3.58. The van der Waals surface area contributed by atoms with E-state index in [0.717, 1.165) is 12.8 Å². The molecular weight excluding hydrogens is 314 g/mol. The van der Waals surface area contributed by atoms with Gasteiger partial charge in [0.15, 0.2) is 0 Å². The molecule has 0 bridgehead atoms. The molecule has 1 aromatic rings. The maximum Gasteiger partial charge on any atom is 0.253 e. The molecule has 2 fully saturated rings. The lowest BCUT2D eigenvalue weighted by Crippen LogP contribution is -2.33. The first-order chi connectivity index (χ1) is 10.8. The molecule has 6 nitrogen and oxygen atoms in total. The molecule has 3 unspecified atom stereocenters. The van der Waals surface area contributed by atoms with Crippen molar-refractivity contribution in [3.63, 3.8) is 0 Å². The normalized spacial score (nSPS) is 27.9.